The smallest absolute Gasteiger partial charge is 0.492 e. The Morgan fingerprint density at radius 2 is 1.88 bits per heavy atom. The average Bonchev–Trinajstić information content (AvgIpc) is 2.88. The predicted molar refractivity (Wildman–Crippen MR) is 90.7 cm³/mol. The average molecular weight is 364 g/mol. The minimum atomic E-state index is -3.68. The minimum Gasteiger partial charge on any atom is -0.492 e. The number of hydrogen-bond acceptors (Lipinski definition) is 5. The zero-order valence-electron chi connectivity index (χ0n) is 14.1. The highest BCUT2D eigenvalue weighted by Gasteiger charge is 2.43. The standard InChI is InChI=1S/C18H18F2N2O4/c1-22(9-10-24-14-5-3-2-4-6-14)12-17(23)21-13-7-8-15-16(11-13)26-18(19,20)25-15/h2-8,11H,9-10,12H2,1H3,(H,21,23). The number of anilines is 1. The van der Waals surface area contributed by atoms with Gasteiger partial charge >= 0.3 is 6.29 Å². The summed E-state index contributed by atoms with van der Waals surface area (Å²) in [5, 5.41) is 2.64. The molecule has 0 unspecified atom stereocenters. The summed E-state index contributed by atoms with van der Waals surface area (Å²) < 4.78 is 40.2. The van der Waals surface area contributed by atoms with Gasteiger partial charge in [-0.3, -0.25) is 9.69 Å². The van der Waals surface area contributed by atoms with Crippen LogP contribution in [0.15, 0.2) is 48.5 Å². The van der Waals surface area contributed by atoms with Gasteiger partial charge in [-0.25, -0.2) is 0 Å². The first kappa shape index (κ1) is 17.9. The van der Waals surface area contributed by atoms with Gasteiger partial charge in [0, 0.05) is 18.3 Å². The van der Waals surface area contributed by atoms with Crippen LogP contribution in [0.2, 0.25) is 0 Å². The van der Waals surface area contributed by atoms with E-state index in [0.717, 1.165) is 5.75 Å². The van der Waals surface area contributed by atoms with Crippen molar-refractivity contribution >= 4 is 11.6 Å². The van der Waals surface area contributed by atoms with E-state index in [1.54, 1.807) is 11.9 Å². The molecule has 0 saturated carbocycles. The Morgan fingerprint density at radius 1 is 1.15 bits per heavy atom. The number of benzene rings is 2. The number of carbonyl (C=O) groups excluding carboxylic acids is 1. The summed E-state index contributed by atoms with van der Waals surface area (Å²) in [7, 11) is 1.79. The van der Waals surface area contributed by atoms with E-state index < -0.39 is 6.29 Å². The molecule has 1 heterocycles. The Labute approximate surface area is 149 Å². The lowest BCUT2D eigenvalue weighted by molar-refractivity contribution is -0.286. The Kier molecular flexibility index (Phi) is 5.22. The first-order valence-corrected chi connectivity index (χ1v) is 7.97. The third kappa shape index (κ3) is 4.82. The highest BCUT2D eigenvalue weighted by molar-refractivity contribution is 5.92. The summed E-state index contributed by atoms with van der Waals surface area (Å²) in [6.45, 7) is 1.12. The van der Waals surface area contributed by atoms with E-state index in [1.807, 2.05) is 30.3 Å². The van der Waals surface area contributed by atoms with Gasteiger partial charge in [0.15, 0.2) is 11.5 Å². The van der Waals surface area contributed by atoms with Gasteiger partial charge in [0.2, 0.25) is 5.91 Å². The summed E-state index contributed by atoms with van der Waals surface area (Å²) >= 11 is 0. The number of alkyl halides is 2. The molecule has 3 rings (SSSR count). The van der Waals surface area contributed by atoms with Gasteiger partial charge in [-0.1, -0.05) is 18.2 Å². The number of likely N-dealkylation sites (N-methyl/N-ethyl adjacent to an activating group) is 1. The highest BCUT2D eigenvalue weighted by Crippen LogP contribution is 2.42. The molecule has 6 nitrogen and oxygen atoms in total. The fourth-order valence-electron chi connectivity index (χ4n) is 2.39. The molecule has 1 N–H and O–H groups in total. The van der Waals surface area contributed by atoms with Crippen molar-refractivity contribution in [2.24, 2.45) is 0 Å². The maximum atomic E-state index is 13.0. The van der Waals surface area contributed by atoms with E-state index in [9.17, 15) is 13.6 Å². The molecular formula is C18H18F2N2O4. The topological polar surface area (TPSA) is 60.0 Å². The third-order valence-electron chi connectivity index (χ3n) is 3.58. The van der Waals surface area contributed by atoms with Gasteiger partial charge in [0.05, 0.1) is 6.54 Å². The van der Waals surface area contributed by atoms with Crippen LogP contribution in [0.3, 0.4) is 0 Å². The number of para-hydroxylation sites is 1. The molecule has 0 bridgehead atoms. The Bertz CT molecular complexity index is 771. The maximum Gasteiger partial charge on any atom is 0.586 e. The Balaban J connectivity index is 1.44. The fraction of sp³-hybridized carbons (Fsp3) is 0.278. The maximum absolute atomic E-state index is 13.0. The van der Waals surface area contributed by atoms with Crippen molar-refractivity contribution in [2.45, 2.75) is 6.29 Å². The minimum absolute atomic E-state index is 0.0665. The van der Waals surface area contributed by atoms with E-state index in [1.165, 1.54) is 18.2 Å². The van der Waals surface area contributed by atoms with Crippen molar-refractivity contribution in [3.8, 4) is 17.2 Å². The lowest BCUT2D eigenvalue weighted by Gasteiger charge is -2.16. The molecule has 26 heavy (non-hydrogen) atoms. The number of hydrogen-bond donors (Lipinski definition) is 1. The Hall–Kier alpha value is -2.87. The van der Waals surface area contributed by atoms with E-state index in [-0.39, 0.29) is 24.0 Å². The van der Waals surface area contributed by atoms with E-state index in [2.05, 4.69) is 14.8 Å². The van der Waals surface area contributed by atoms with E-state index in [4.69, 9.17) is 4.74 Å². The molecule has 0 fully saturated rings. The normalized spacial score (nSPS) is 14.3. The van der Waals surface area contributed by atoms with Crippen molar-refractivity contribution in [3.63, 3.8) is 0 Å². The second-order valence-electron chi connectivity index (χ2n) is 5.78. The second-order valence-corrected chi connectivity index (χ2v) is 5.78. The third-order valence-corrected chi connectivity index (χ3v) is 3.58. The second kappa shape index (κ2) is 7.57. The van der Waals surface area contributed by atoms with E-state index in [0.29, 0.717) is 18.8 Å². The molecule has 0 atom stereocenters. The molecule has 2 aromatic rings. The monoisotopic (exact) mass is 364 g/mol. The number of nitrogens with zero attached hydrogens (tertiary/aromatic N) is 1. The summed E-state index contributed by atoms with van der Waals surface area (Å²) in [5.41, 5.74) is 0.351. The molecule has 0 saturated heterocycles. The van der Waals surface area contributed by atoms with Crippen LogP contribution in [0.5, 0.6) is 17.2 Å². The number of amides is 1. The number of nitrogens with one attached hydrogen (secondary N) is 1. The van der Waals surface area contributed by atoms with Crippen LogP contribution in [0.1, 0.15) is 0 Å². The molecule has 0 radical (unpaired) electrons. The van der Waals surface area contributed by atoms with Crippen LogP contribution in [0, 0.1) is 0 Å². The van der Waals surface area contributed by atoms with Gasteiger partial charge in [-0.15, -0.1) is 8.78 Å². The van der Waals surface area contributed by atoms with Crippen molar-refractivity contribution in [1.29, 1.82) is 0 Å². The largest absolute Gasteiger partial charge is 0.586 e. The SMILES string of the molecule is CN(CCOc1ccccc1)CC(=O)Nc1ccc2c(c1)OC(F)(F)O2. The summed E-state index contributed by atoms with van der Waals surface area (Å²) in [6, 6.07) is 13.5. The molecule has 1 aliphatic heterocycles. The van der Waals surface area contributed by atoms with Gasteiger partial charge in [0.1, 0.15) is 12.4 Å². The molecule has 1 amide bonds. The van der Waals surface area contributed by atoms with Gasteiger partial charge < -0.3 is 19.5 Å². The van der Waals surface area contributed by atoms with Crippen LogP contribution in [-0.2, 0) is 4.79 Å². The molecule has 2 aromatic carbocycles. The summed E-state index contributed by atoms with van der Waals surface area (Å²) in [5.74, 6) is 0.306. The van der Waals surface area contributed by atoms with Crippen molar-refractivity contribution in [3.05, 3.63) is 48.5 Å². The molecule has 0 spiro atoms. The fourth-order valence-corrected chi connectivity index (χ4v) is 2.39. The van der Waals surface area contributed by atoms with Gasteiger partial charge in [0.25, 0.3) is 0 Å². The number of rotatable bonds is 7. The van der Waals surface area contributed by atoms with Crippen LogP contribution < -0.4 is 19.5 Å². The molecule has 138 valence electrons. The van der Waals surface area contributed by atoms with Crippen LogP contribution in [0.25, 0.3) is 0 Å². The van der Waals surface area contributed by atoms with Crippen molar-refractivity contribution < 1.29 is 27.8 Å². The van der Waals surface area contributed by atoms with Crippen molar-refractivity contribution in [1.82, 2.24) is 4.90 Å². The van der Waals surface area contributed by atoms with Crippen LogP contribution >= 0.6 is 0 Å². The number of ether oxygens (including phenoxy) is 3. The van der Waals surface area contributed by atoms with Gasteiger partial charge in [-0.2, -0.15) is 0 Å². The molecule has 0 aromatic heterocycles. The van der Waals surface area contributed by atoms with Crippen molar-refractivity contribution in [2.75, 3.05) is 32.1 Å². The van der Waals surface area contributed by atoms with E-state index >= 15 is 0 Å². The first-order chi connectivity index (χ1) is 12.4. The van der Waals surface area contributed by atoms with Gasteiger partial charge in [-0.05, 0) is 31.3 Å². The lowest BCUT2D eigenvalue weighted by Crippen LogP contribution is -2.33. The van der Waals surface area contributed by atoms with Crippen LogP contribution in [-0.4, -0.2) is 43.8 Å². The Morgan fingerprint density at radius 3 is 2.65 bits per heavy atom. The molecule has 1 aliphatic rings. The molecule has 8 heteroatoms. The molecule has 0 aliphatic carbocycles. The number of carbonyl (C=O) groups is 1. The quantitative estimate of drug-likeness (QED) is 0.819. The highest BCUT2D eigenvalue weighted by atomic mass is 19.3. The summed E-state index contributed by atoms with van der Waals surface area (Å²) in [6.07, 6.45) is -3.68. The number of halogens is 2. The predicted octanol–water partition coefficient (Wildman–Crippen LogP) is 2.96. The summed E-state index contributed by atoms with van der Waals surface area (Å²) in [4.78, 5) is 13.9. The van der Waals surface area contributed by atoms with Crippen LogP contribution in [0.4, 0.5) is 14.5 Å². The first-order valence-electron chi connectivity index (χ1n) is 7.97. The zero-order valence-corrected chi connectivity index (χ0v) is 14.1. The molecular weight excluding hydrogens is 346 g/mol. The lowest BCUT2D eigenvalue weighted by atomic mass is 10.2. The number of fused-ring (bicyclic) bond motifs is 1. The zero-order chi connectivity index (χ0) is 18.6.